The second-order valence-electron chi connectivity index (χ2n) is 5.44. The van der Waals surface area contributed by atoms with Gasteiger partial charge in [-0.1, -0.05) is 0 Å². The molecule has 7 heteroatoms. The Morgan fingerprint density at radius 2 is 1.94 bits per heavy atom. The summed E-state index contributed by atoms with van der Waals surface area (Å²) in [6.07, 6.45) is 0.324. The molecule has 1 rings (SSSR count). The summed E-state index contributed by atoms with van der Waals surface area (Å²) in [5, 5.41) is 0. The third kappa shape index (κ3) is 4.81. The molecule has 0 aromatic rings. The number of amides is 1. The van der Waals surface area contributed by atoms with Gasteiger partial charge in [-0.25, -0.2) is 4.79 Å². The minimum absolute atomic E-state index is 0.177. The van der Waals surface area contributed by atoms with Gasteiger partial charge in [-0.3, -0.25) is 4.18 Å². The van der Waals surface area contributed by atoms with Crippen molar-refractivity contribution in [2.24, 2.45) is 0 Å². The summed E-state index contributed by atoms with van der Waals surface area (Å²) in [5.74, 6) is 0. The van der Waals surface area contributed by atoms with Crippen LogP contribution < -0.4 is 0 Å². The van der Waals surface area contributed by atoms with E-state index in [1.165, 1.54) is 4.90 Å². The molecule has 0 spiro atoms. The molecule has 1 radical (unpaired) electrons. The van der Waals surface area contributed by atoms with E-state index in [2.05, 4.69) is 6.92 Å². The van der Waals surface area contributed by atoms with E-state index >= 15 is 0 Å². The van der Waals surface area contributed by atoms with Crippen molar-refractivity contribution < 1.29 is 22.1 Å². The van der Waals surface area contributed by atoms with Crippen LogP contribution in [0.3, 0.4) is 0 Å². The Morgan fingerprint density at radius 1 is 1.39 bits per heavy atom. The predicted octanol–water partition coefficient (Wildman–Crippen LogP) is 1.17. The SMILES string of the molecule is [CH2][C@H]1C[C@@H](OS(C)(=O)=O)CN1C(=O)OC(C)(C)C. The summed E-state index contributed by atoms with van der Waals surface area (Å²) in [7, 11) is -3.52. The monoisotopic (exact) mass is 278 g/mol. The Bertz CT molecular complexity index is 412. The number of nitrogens with zero attached hydrogens (tertiary/aromatic N) is 1. The molecular formula is C11H20NO5S. The fourth-order valence-electron chi connectivity index (χ4n) is 1.73. The van der Waals surface area contributed by atoms with Crippen LogP contribution in [0.2, 0.25) is 0 Å². The highest BCUT2D eigenvalue weighted by Gasteiger charge is 2.37. The molecule has 6 nitrogen and oxygen atoms in total. The minimum atomic E-state index is -3.52. The van der Waals surface area contributed by atoms with E-state index in [4.69, 9.17) is 8.92 Å². The smallest absolute Gasteiger partial charge is 0.410 e. The average molecular weight is 278 g/mol. The van der Waals surface area contributed by atoms with Crippen molar-refractivity contribution in [2.45, 2.75) is 44.9 Å². The second kappa shape index (κ2) is 5.05. The molecular weight excluding hydrogens is 258 g/mol. The summed E-state index contributed by atoms with van der Waals surface area (Å²) >= 11 is 0. The normalized spacial score (nSPS) is 25.3. The molecule has 2 atom stereocenters. The maximum absolute atomic E-state index is 11.8. The summed E-state index contributed by atoms with van der Waals surface area (Å²) in [5.41, 5.74) is -0.591. The minimum Gasteiger partial charge on any atom is -0.444 e. The molecule has 1 aliphatic rings. The fourth-order valence-corrected chi connectivity index (χ4v) is 2.37. The molecule has 0 aliphatic carbocycles. The number of ether oxygens (including phenoxy) is 1. The fraction of sp³-hybridized carbons (Fsp3) is 0.818. The van der Waals surface area contributed by atoms with E-state index in [1.54, 1.807) is 20.8 Å². The van der Waals surface area contributed by atoms with Crippen molar-refractivity contribution in [3.8, 4) is 0 Å². The van der Waals surface area contributed by atoms with E-state index in [0.29, 0.717) is 6.42 Å². The van der Waals surface area contributed by atoms with Gasteiger partial charge in [-0.05, 0) is 34.1 Å². The molecule has 105 valence electrons. The van der Waals surface area contributed by atoms with Gasteiger partial charge in [0.15, 0.2) is 0 Å². The van der Waals surface area contributed by atoms with Crippen LogP contribution in [0.25, 0.3) is 0 Å². The third-order valence-corrected chi connectivity index (χ3v) is 2.94. The zero-order chi connectivity index (χ0) is 14.1. The molecule has 1 saturated heterocycles. The van der Waals surface area contributed by atoms with Crippen molar-refractivity contribution >= 4 is 16.2 Å². The number of carbonyl (C=O) groups excluding carboxylic acids is 1. The third-order valence-electron chi connectivity index (χ3n) is 2.31. The first-order chi connectivity index (χ1) is 7.98. The van der Waals surface area contributed by atoms with Gasteiger partial charge in [0.25, 0.3) is 10.1 Å². The van der Waals surface area contributed by atoms with Crippen LogP contribution in [0.1, 0.15) is 27.2 Å². The molecule has 1 amide bonds. The molecule has 0 saturated carbocycles. The van der Waals surface area contributed by atoms with E-state index in [9.17, 15) is 13.2 Å². The van der Waals surface area contributed by atoms with Crippen LogP contribution in [0.4, 0.5) is 4.79 Å². The molecule has 18 heavy (non-hydrogen) atoms. The number of rotatable bonds is 2. The van der Waals surface area contributed by atoms with Crippen LogP contribution in [-0.4, -0.2) is 50.0 Å². The lowest BCUT2D eigenvalue weighted by molar-refractivity contribution is 0.0239. The highest BCUT2D eigenvalue weighted by Crippen LogP contribution is 2.23. The van der Waals surface area contributed by atoms with Gasteiger partial charge < -0.3 is 9.64 Å². The van der Waals surface area contributed by atoms with E-state index in [0.717, 1.165) is 6.26 Å². The Kier molecular flexibility index (Phi) is 4.27. The molecule has 1 heterocycles. The van der Waals surface area contributed by atoms with Crippen molar-refractivity contribution in [1.82, 2.24) is 4.90 Å². The molecule has 0 unspecified atom stereocenters. The topological polar surface area (TPSA) is 72.9 Å². The lowest BCUT2D eigenvalue weighted by Crippen LogP contribution is -2.39. The van der Waals surface area contributed by atoms with Crippen LogP contribution in [0, 0.1) is 6.92 Å². The summed E-state index contributed by atoms with van der Waals surface area (Å²) < 4.78 is 32.1. The first kappa shape index (κ1) is 15.2. The summed E-state index contributed by atoms with van der Waals surface area (Å²) in [6, 6.07) is -0.341. The van der Waals surface area contributed by atoms with Crippen LogP contribution in [0.5, 0.6) is 0 Å². The highest BCUT2D eigenvalue weighted by molar-refractivity contribution is 7.86. The first-order valence-corrected chi connectivity index (χ1v) is 7.50. The van der Waals surface area contributed by atoms with Crippen LogP contribution >= 0.6 is 0 Å². The lowest BCUT2D eigenvalue weighted by atomic mass is 10.2. The second-order valence-corrected chi connectivity index (χ2v) is 7.05. The van der Waals surface area contributed by atoms with Gasteiger partial charge in [-0.2, -0.15) is 8.42 Å². The van der Waals surface area contributed by atoms with Crippen molar-refractivity contribution in [2.75, 3.05) is 12.8 Å². The Morgan fingerprint density at radius 3 is 2.39 bits per heavy atom. The number of hydrogen-bond acceptors (Lipinski definition) is 5. The van der Waals surface area contributed by atoms with Crippen molar-refractivity contribution in [3.05, 3.63) is 6.92 Å². The van der Waals surface area contributed by atoms with Gasteiger partial charge in [0.05, 0.1) is 18.9 Å². The van der Waals surface area contributed by atoms with Gasteiger partial charge in [-0.15, -0.1) is 0 Å². The maximum atomic E-state index is 11.8. The predicted molar refractivity (Wildman–Crippen MR) is 66.4 cm³/mol. The van der Waals surface area contributed by atoms with Gasteiger partial charge in [0.1, 0.15) is 5.60 Å². The largest absolute Gasteiger partial charge is 0.444 e. The standard InChI is InChI=1S/C11H20NO5S/c1-8-6-9(17-18(5,14)15)7-12(8)10(13)16-11(2,3)4/h8-9H,1,6-7H2,2-5H3/t8-,9+/m0/s1. The van der Waals surface area contributed by atoms with E-state index in [1.807, 2.05) is 0 Å². The zero-order valence-electron chi connectivity index (χ0n) is 11.2. The number of hydrogen-bond donors (Lipinski definition) is 0. The highest BCUT2D eigenvalue weighted by atomic mass is 32.2. The summed E-state index contributed by atoms with van der Waals surface area (Å²) in [6.45, 7) is 9.28. The molecule has 1 fully saturated rings. The molecule has 0 bridgehead atoms. The quantitative estimate of drug-likeness (QED) is 0.709. The molecule has 0 N–H and O–H groups in total. The maximum Gasteiger partial charge on any atom is 0.410 e. The number of carbonyl (C=O) groups is 1. The Hall–Kier alpha value is -0.820. The van der Waals surface area contributed by atoms with E-state index in [-0.39, 0.29) is 12.6 Å². The van der Waals surface area contributed by atoms with Crippen LogP contribution in [-0.2, 0) is 19.0 Å². The zero-order valence-corrected chi connectivity index (χ0v) is 12.0. The summed E-state index contributed by atoms with van der Waals surface area (Å²) in [4.78, 5) is 13.2. The van der Waals surface area contributed by atoms with Crippen LogP contribution in [0.15, 0.2) is 0 Å². The Labute approximate surface area is 108 Å². The van der Waals surface area contributed by atoms with E-state index < -0.39 is 27.9 Å². The first-order valence-electron chi connectivity index (χ1n) is 5.69. The van der Waals surface area contributed by atoms with Crippen molar-refractivity contribution in [3.63, 3.8) is 0 Å². The molecule has 1 aliphatic heterocycles. The number of likely N-dealkylation sites (tertiary alicyclic amines) is 1. The van der Waals surface area contributed by atoms with Crippen molar-refractivity contribution in [1.29, 1.82) is 0 Å². The Balaban J connectivity index is 2.62. The molecule has 0 aromatic carbocycles. The lowest BCUT2D eigenvalue weighted by Gasteiger charge is -2.26. The average Bonchev–Trinajstić information content (AvgIpc) is 2.39. The van der Waals surface area contributed by atoms with Gasteiger partial charge in [0.2, 0.25) is 0 Å². The molecule has 0 aromatic heterocycles. The van der Waals surface area contributed by atoms with Gasteiger partial charge >= 0.3 is 6.09 Å². The van der Waals surface area contributed by atoms with Gasteiger partial charge in [0, 0.05) is 6.04 Å².